The second-order valence-electron chi connectivity index (χ2n) is 5.55. The number of hydrogen-bond donors (Lipinski definition) is 1. The highest BCUT2D eigenvalue weighted by atomic mass is 32.1. The van der Waals surface area contributed by atoms with Crippen LogP contribution in [0.25, 0.3) is 0 Å². The summed E-state index contributed by atoms with van der Waals surface area (Å²) >= 11 is 1.60. The minimum absolute atomic E-state index is 0.0175. The Balaban J connectivity index is 1.58. The molecule has 3 rings (SSSR count). The van der Waals surface area contributed by atoms with E-state index in [0.29, 0.717) is 6.42 Å². The molecular formula is C17H20N2O2S. The van der Waals surface area contributed by atoms with E-state index in [1.165, 1.54) is 0 Å². The highest BCUT2D eigenvalue weighted by molar-refractivity contribution is 7.10. The minimum Gasteiger partial charge on any atom is -0.371 e. The third kappa shape index (κ3) is 3.94. The van der Waals surface area contributed by atoms with Crippen molar-refractivity contribution in [1.82, 2.24) is 4.90 Å². The number of likely N-dealkylation sites (N-methyl/N-ethyl adjacent to an activating group) is 1. The number of ether oxygens (including phenoxy) is 1. The lowest BCUT2D eigenvalue weighted by molar-refractivity contribution is -0.115. The number of morpholine rings is 1. The Morgan fingerprint density at radius 2 is 2.18 bits per heavy atom. The Morgan fingerprint density at radius 1 is 1.36 bits per heavy atom. The summed E-state index contributed by atoms with van der Waals surface area (Å²) in [5.41, 5.74) is 1.98. The number of amides is 1. The van der Waals surface area contributed by atoms with Gasteiger partial charge in [0.2, 0.25) is 5.91 Å². The fraction of sp³-hybridized carbons (Fsp3) is 0.353. The van der Waals surface area contributed by atoms with E-state index in [9.17, 15) is 4.79 Å². The molecule has 1 aliphatic rings. The second kappa shape index (κ2) is 7.05. The summed E-state index contributed by atoms with van der Waals surface area (Å²) in [5.74, 6) is 0.0175. The average molecular weight is 316 g/mol. The van der Waals surface area contributed by atoms with Gasteiger partial charge in [0, 0.05) is 23.7 Å². The van der Waals surface area contributed by atoms with Gasteiger partial charge >= 0.3 is 0 Å². The van der Waals surface area contributed by atoms with Crippen LogP contribution in [0.2, 0.25) is 0 Å². The van der Waals surface area contributed by atoms with Crippen molar-refractivity contribution in [1.29, 1.82) is 0 Å². The first-order valence-corrected chi connectivity index (χ1v) is 8.31. The quantitative estimate of drug-likeness (QED) is 0.943. The van der Waals surface area contributed by atoms with Gasteiger partial charge in [-0.2, -0.15) is 0 Å². The molecule has 1 aromatic carbocycles. The summed E-state index contributed by atoms with van der Waals surface area (Å²) in [6, 6.07) is 11.9. The summed E-state index contributed by atoms with van der Waals surface area (Å²) in [4.78, 5) is 15.3. The predicted octanol–water partition coefficient (Wildman–Crippen LogP) is 2.93. The van der Waals surface area contributed by atoms with Crippen LogP contribution in [-0.4, -0.2) is 37.6 Å². The van der Waals surface area contributed by atoms with Crippen molar-refractivity contribution in [2.75, 3.05) is 32.1 Å². The van der Waals surface area contributed by atoms with Gasteiger partial charge in [-0.1, -0.05) is 18.2 Å². The lowest BCUT2D eigenvalue weighted by atomic mass is 10.1. The fourth-order valence-electron chi connectivity index (χ4n) is 2.54. The van der Waals surface area contributed by atoms with E-state index in [1.54, 1.807) is 11.3 Å². The number of carbonyl (C=O) groups is 1. The van der Waals surface area contributed by atoms with Crippen LogP contribution in [0.5, 0.6) is 0 Å². The SMILES string of the molecule is CN1CCOC(c2ccc(NC(=O)Cc3cccs3)cc2)C1. The molecule has 1 aliphatic heterocycles. The Kier molecular flexibility index (Phi) is 4.87. The van der Waals surface area contributed by atoms with Crippen molar-refractivity contribution in [3.05, 3.63) is 52.2 Å². The molecule has 22 heavy (non-hydrogen) atoms. The van der Waals surface area contributed by atoms with Crippen LogP contribution in [0.1, 0.15) is 16.5 Å². The molecule has 1 atom stereocenters. The van der Waals surface area contributed by atoms with Crippen molar-refractivity contribution >= 4 is 22.9 Å². The van der Waals surface area contributed by atoms with E-state index in [0.717, 1.165) is 35.8 Å². The second-order valence-corrected chi connectivity index (χ2v) is 6.58. The normalized spacial score (nSPS) is 19.0. The summed E-state index contributed by atoms with van der Waals surface area (Å²) in [5, 5.41) is 4.92. The Morgan fingerprint density at radius 3 is 2.86 bits per heavy atom. The van der Waals surface area contributed by atoms with E-state index in [1.807, 2.05) is 41.8 Å². The Hall–Kier alpha value is -1.69. The molecule has 2 aromatic rings. The van der Waals surface area contributed by atoms with Crippen LogP contribution >= 0.6 is 11.3 Å². The number of hydrogen-bond acceptors (Lipinski definition) is 4. The first kappa shape index (κ1) is 15.2. The van der Waals surface area contributed by atoms with E-state index in [2.05, 4.69) is 17.3 Å². The maximum absolute atomic E-state index is 12.0. The molecule has 0 spiro atoms. The molecule has 1 aromatic heterocycles. The van der Waals surface area contributed by atoms with Crippen molar-refractivity contribution < 1.29 is 9.53 Å². The minimum atomic E-state index is 0.0175. The van der Waals surface area contributed by atoms with E-state index < -0.39 is 0 Å². The predicted molar refractivity (Wildman–Crippen MR) is 89.3 cm³/mol. The van der Waals surface area contributed by atoms with Crippen LogP contribution in [0.15, 0.2) is 41.8 Å². The fourth-order valence-corrected chi connectivity index (χ4v) is 3.24. The van der Waals surface area contributed by atoms with Crippen LogP contribution in [0.4, 0.5) is 5.69 Å². The van der Waals surface area contributed by atoms with Crippen molar-refractivity contribution in [2.24, 2.45) is 0 Å². The topological polar surface area (TPSA) is 41.6 Å². The van der Waals surface area contributed by atoms with Gasteiger partial charge in [-0.25, -0.2) is 0 Å². The zero-order chi connectivity index (χ0) is 15.4. The van der Waals surface area contributed by atoms with Gasteiger partial charge in [-0.05, 0) is 36.2 Å². The summed E-state index contributed by atoms with van der Waals surface area (Å²) < 4.78 is 5.80. The van der Waals surface area contributed by atoms with Crippen molar-refractivity contribution in [2.45, 2.75) is 12.5 Å². The largest absolute Gasteiger partial charge is 0.371 e. The zero-order valence-corrected chi connectivity index (χ0v) is 13.4. The number of nitrogens with one attached hydrogen (secondary N) is 1. The number of nitrogens with zero attached hydrogens (tertiary/aromatic N) is 1. The summed E-state index contributed by atoms with van der Waals surface area (Å²) in [6.07, 6.45) is 0.547. The maximum Gasteiger partial charge on any atom is 0.229 e. The van der Waals surface area contributed by atoms with Gasteiger partial charge in [-0.3, -0.25) is 4.79 Å². The summed E-state index contributed by atoms with van der Waals surface area (Å²) in [7, 11) is 2.11. The number of anilines is 1. The van der Waals surface area contributed by atoms with Gasteiger partial charge in [0.15, 0.2) is 0 Å². The number of rotatable bonds is 4. The third-order valence-electron chi connectivity index (χ3n) is 3.75. The number of thiophene rings is 1. The van der Waals surface area contributed by atoms with Gasteiger partial charge in [0.25, 0.3) is 0 Å². The molecule has 1 amide bonds. The molecular weight excluding hydrogens is 296 g/mol. The Labute approximate surface area is 134 Å². The van der Waals surface area contributed by atoms with Crippen molar-refractivity contribution in [3.8, 4) is 0 Å². The first-order valence-electron chi connectivity index (χ1n) is 7.43. The van der Waals surface area contributed by atoms with Gasteiger partial charge in [-0.15, -0.1) is 11.3 Å². The molecule has 4 nitrogen and oxygen atoms in total. The molecule has 116 valence electrons. The maximum atomic E-state index is 12.0. The number of benzene rings is 1. The molecule has 5 heteroatoms. The van der Waals surface area contributed by atoms with Crippen LogP contribution in [0.3, 0.4) is 0 Å². The molecule has 0 radical (unpaired) electrons. The van der Waals surface area contributed by atoms with Gasteiger partial charge in [0.05, 0.1) is 19.1 Å². The smallest absolute Gasteiger partial charge is 0.229 e. The van der Waals surface area contributed by atoms with Gasteiger partial charge < -0.3 is 15.0 Å². The van der Waals surface area contributed by atoms with E-state index >= 15 is 0 Å². The summed E-state index contributed by atoms with van der Waals surface area (Å²) in [6.45, 7) is 2.65. The Bertz CT molecular complexity index is 610. The van der Waals surface area contributed by atoms with Crippen molar-refractivity contribution in [3.63, 3.8) is 0 Å². The molecule has 1 saturated heterocycles. The average Bonchev–Trinajstić information content (AvgIpc) is 3.01. The lowest BCUT2D eigenvalue weighted by Crippen LogP contribution is -2.35. The van der Waals surface area contributed by atoms with E-state index in [-0.39, 0.29) is 12.0 Å². The van der Waals surface area contributed by atoms with Crippen LogP contribution < -0.4 is 5.32 Å². The third-order valence-corrected chi connectivity index (χ3v) is 4.63. The van der Waals surface area contributed by atoms with Crippen LogP contribution in [-0.2, 0) is 16.0 Å². The number of carbonyl (C=O) groups excluding carboxylic acids is 1. The zero-order valence-electron chi connectivity index (χ0n) is 12.6. The van der Waals surface area contributed by atoms with E-state index in [4.69, 9.17) is 4.74 Å². The molecule has 0 aliphatic carbocycles. The van der Waals surface area contributed by atoms with Gasteiger partial charge in [0.1, 0.15) is 0 Å². The molecule has 1 N–H and O–H groups in total. The lowest BCUT2D eigenvalue weighted by Gasteiger charge is -2.30. The highest BCUT2D eigenvalue weighted by Crippen LogP contribution is 2.23. The first-order chi connectivity index (χ1) is 10.7. The molecule has 2 heterocycles. The van der Waals surface area contributed by atoms with Crippen LogP contribution in [0, 0.1) is 0 Å². The standard InChI is InChI=1S/C17H20N2O2S/c1-19-8-9-21-16(12-19)13-4-6-14(7-5-13)18-17(20)11-15-3-2-10-22-15/h2-7,10,16H,8-9,11-12H2,1H3,(H,18,20). The molecule has 1 fully saturated rings. The molecule has 0 saturated carbocycles. The monoisotopic (exact) mass is 316 g/mol. The molecule has 0 bridgehead atoms. The molecule has 1 unspecified atom stereocenters. The highest BCUT2D eigenvalue weighted by Gasteiger charge is 2.19.